The van der Waals surface area contributed by atoms with Gasteiger partial charge in [-0.3, -0.25) is 0 Å². The molecule has 0 aliphatic rings. The fourth-order valence-corrected chi connectivity index (χ4v) is 3.95. The van der Waals surface area contributed by atoms with Gasteiger partial charge in [-0.25, -0.2) is 4.79 Å². The number of rotatable bonds is 5. The largest absolute Gasteiger partial charge is 0.466 e. The Morgan fingerprint density at radius 3 is 2.08 bits per heavy atom. The van der Waals surface area contributed by atoms with Crippen molar-refractivity contribution in [1.82, 2.24) is 0 Å². The number of aryl methyl sites for hydroxylation is 3. The van der Waals surface area contributed by atoms with Crippen molar-refractivity contribution < 1.29 is 22.1 Å². The monoisotopic (exact) mass is 360 g/mol. The van der Waals surface area contributed by atoms with Crippen LogP contribution in [-0.2, 0) is 19.6 Å². The van der Waals surface area contributed by atoms with Crippen LogP contribution in [0.2, 0.25) is 0 Å². The van der Waals surface area contributed by atoms with Gasteiger partial charge in [-0.2, -0.15) is 8.42 Å². The molecular weight excluding hydrogens is 340 g/mol. The lowest BCUT2D eigenvalue weighted by Gasteiger charge is -2.13. The van der Waals surface area contributed by atoms with Crippen LogP contribution in [0.25, 0.3) is 6.08 Å². The highest BCUT2D eigenvalue weighted by Gasteiger charge is 2.22. The molecule has 0 saturated carbocycles. The molecule has 132 valence electrons. The summed E-state index contributed by atoms with van der Waals surface area (Å²) in [4.78, 5) is 11.3. The highest BCUT2D eigenvalue weighted by Crippen LogP contribution is 2.25. The van der Waals surface area contributed by atoms with Gasteiger partial charge in [0.05, 0.1) is 7.11 Å². The quantitative estimate of drug-likeness (QED) is 0.463. The summed E-state index contributed by atoms with van der Waals surface area (Å²) in [6.45, 7) is 5.41. The highest BCUT2D eigenvalue weighted by atomic mass is 32.2. The number of hydrogen-bond acceptors (Lipinski definition) is 5. The maximum absolute atomic E-state index is 12.6. The Labute approximate surface area is 148 Å². The lowest BCUT2D eigenvalue weighted by Crippen LogP contribution is -2.13. The van der Waals surface area contributed by atoms with Gasteiger partial charge in [0, 0.05) is 6.08 Å². The van der Waals surface area contributed by atoms with Gasteiger partial charge in [-0.15, -0.1) is 0 Å². The van der Waals surface area contributed by atoms with Crippen LogP contribution in [0.5, 0.6) is 5.75 Å². The molecule has 6 heteroatoms. The Bertz CT molecular complexity index is 886. The smallest absolute Gasteiger partial charge is 0.339 e. The molecule has 0 heterocycles. The van der Waals surface area contributed by atoms with Crippen molar-refractivity contribution in [3.8, 4) is 5.75 Å². The molecule has 0 aliphatic carbocycles. The van der Waals surface area contributed by atoms with E-state index in [-0.39, 0.29) is 10.6 Å². The van der Waals surface area contributed by atoms with Crippen LogP contribution >= 0.6 is 0 Å². The SMILES string of the molecule is COC(=O)/C=C/c1ccc(OS(=O)(=O)c2c(C)cc(C)cc2C)cc1. The fraction of sp³-hybridized carbons (Fsp3) is 0.211. The summed E-state index contributed by atoms with van der Waals surface area (Å²) in [5, 5.41) is 0. The van der Waals surface area contributed by atoms with Crippen LogP contribution in [-0.4, -0.2) is 21.5 Å². The zero-order valence-electron chi connectivity index (χ0n) is 14.6. The Hall–Kier alpha value is -2.60. The average Bonchev–Trinajstić information content (AvgIpc) is 2.52. The first-order valence-corrected chi connectivity index (χ1v) is 9.02. The standard InChI is InChI=1S/C19H20O5S/c1-13-11-14(2)19(15(3)12-13)25(21,22)24-17-8-5-16(6-9-17)7-10-18(20)23-4/h5-12H,1-4H3/b10-7+. The van der Waals surface area contributed by atoms with E-state index >= 15 is 0 Å². The summed E-state index contributed by atoms with van der Waals surface area (Å²) in [5.74, 6) is -0.261. The minimum atomic E-state index is -3.93. The number of hydrogen-bond donors (Lipinski definition) is 0. The van der Waals surface area contributed by atoms with Crippen molar-refractivity contribution in [1.29, 1.82) is 0 Å². The van der Waals surface area contributed by atoms with Gasteiger partial charge in [-0.05, 0) is 55.7 Å². The van der Waals surface area contributed by atoms with E-state index in [1.165, 1.54) is 25.3 Å². The summed E-state index contributed by atoms with van der Waals surface area (Å²) >= 11 is 0. The Morgan fingerprint density at radius 2 is 1.56 bits per heavy atom. The molecule has 2 rings (SSSR count). The van der Waals surface area contributed by atoms with E-state index in [0.717, 1.165) is 11.1 Å². The lowest BCUT2D eigenvalue weighted by atomic mass is 10.1. The third-order valence-electron chi connectivity index (χ3n) is 3.55. The van der Waals surface area contributed by atoms with Crippen molar-refractivity contribution in [2.75, 3.05) is 7.11 Å². The lowest BCUT2D eigenvalue weighted by molar-refractivity contribution is -0.134. The van der Waals surface area contributed by atoms with E-state index in [4.69, 9.17) is 4.18 Å². The molecule has 0 bridgehead atoms. The number of benzene rings is 2. The van der Waals surface area contributed by atoms with Crippen molar-refractivity contribution in [2.24, 2.45) is 0 Å². The van der Waals surface area contributed by atoms with E-state index < -0.39 is 16.1 Å². The molecule has 0 N–H and O–H groups in total. The van der Waals surface area contributed by atoms with Crippen molar-refractivity contribution in [2.45, 2.75) is 25.7 Å². The summed E-state index contributed by atoms with van der Waals surface area (Å²) in [6.07, 6.45) is 2.85. The van der Waals surface area contributed by atoms with Crippen LogP contribution in [0.3, 0.4) is 0 Å². The summed E-state index contributed by atoms with van der Waals surface area (Å²) < 4.78 is 35.0. The molecule has 5 nitrogen and oxygen atoms in total. The van der Waals surface area contributed by atoms with E-state index in [2.05, 4.69) is 4.74 Å². The third-order valence-corrected chi connectivity index (χ3v) is 5.11. The van der Waals surface area contributed by atoms with Crippen molar-refractivity contribution in [3.63, 3.8) is 0 Å². The summed E-state index contributed by atoms with van der Waals surface area (Å²) in [5.41, 5.74) is 3.01. The summed E-state index contributed by atoms with van der Waals surface area (Å²) in [6, 6.07) is 9.99. The predicted octanol–water partition coefficient (Wildman–Crippen LogP) is 3.57. The molecule has 0 unspecified atom stereocenters. The molecule has 2 aromatic carbocycles. The predicted molar refractivity (Wildman–Crippen MR) is 96.0 cm³/mol. The Morgan fingerprint density at radius 1 is 1.00 bits per heavy atom. The van der Waals surface area contributed by atoms with Gasteiger partial charge in [0.1, 0.15) is 10.6 Å². The Balaban J connectivity index is 2.24. The fourth-order valence-electron chi connectivity index (χ4n) is 2.60. The van der Waals surface area contributed by atoms with Crippen LogP contribution in [0.4, 0.5) is 0 Å². The van der Waals surface area contributed by atoms with Crippen LogP contribution in [0.15, 0.2) is 47.4 Å². The van der Waals surface area contributed by atoms with Gasteiger partial charge < -0.3 is 8.92 Å². The minimum Gasteiger partial charge on any atom is -0.466 e. The van der Waals surface area contributed by atoms with Gasteiger partial charge in [0.15, 0.2) is 0 Å². The van der Waals surface area contributed by atoms with E-state index in [0.29, 0.717) is 11.1 Å². The van der Waals surface area contributed by atoms with Crippen LogP contribution in [0, 0.1) is 20.8 Å². The molecule has 0 radical (unpaired) electrons. The second-order valence-electron chi connectivity index (χ2n) is 5.69. The summed E-state index contributed by atoms with van der Waals surface area (Å²) in [7, 11) is -2.63. The van der Waals surface area contributed by atoms with E-state index in [9.17, 15) is 13.2 Å². The second-order valence-corrected chi connectivity index (χ2v) is 7.17. The number of esters is 1. The van der Waals surface area contributed by atoms with Gasteiger partial charge >= 0.3 is 16.1 Å². The average molecular weight is 360 g/mol. The molecule has 0 fully saturated rings. The maximum atomic E-state index is 12.6. The Kier molecular flexibility index (Phi) is 5.64. The third kappa shape index (κ3) is 4.70. The number of carbonyl (C=O) groups is 1. The zero-order valence-corrected chi connectivity index (χ0v) is 15.4. The second kappa shape index (κ2) is 7.53. The van der Waals surface area contributed by atoms with Gasteiger partial charge in [0.2, 0.25) is 0 Å². The molecular formula is C19H20O5S. The molecule has 0 atom stereocenters. The van der Waals surface area contributed by atoms with E-state index in [1.807, 2.05) is 19.1 Å². The topological polar surface area (TPSA) is 69.7 Å². The molecule has 0 saturated heterocycles. The number of methoxy groups -OCH3 is 1. The first kappa shape index (κ1) is 18.7. The number of ether oxygens (including phenoxy) is 1. The number of carbonyl (C=O) groups excluding carboxylic acids is 1. The highest BCUT2D eigenvalue weighted by molar-refractivity contribution is 7.87. The molecule has 2 aromatic rings. The zero-order chi connectivity index (χ0) is 18.6. The minimum absolute atomic E-state index is 0.188. The maximum Gasteiger partial charge on any atom is 0.339 e. The molecule has 0 aliphatic heterocycles. The van der Waals surface area contributed by atoms with Crippen LogP contribution < -0.4 is 4.18 Å². The van der Waals surface area contributed by atoms with Gasteiger partial charge in [-0.1, -0.05) is 29.8 Å². The normalized spacial score (nSPS) is 11.5. The molecule has 25 heavy (non-hydrogen) atoms. The van der Waals surface area contributed by atoms with Crippen LogP contribution in [0.1, 0.15) is 22.3 Å². The molecule has 0 aromatic heterocycles. The first-order chi connectivity index (χ1) is 11.7. The van der Waals surface area contributed by atoms with Gasteiger partial charge in [0.25, 0.3) is 0 Å². The van der Waals surface area contributed by atoms with Crippen molar-refractivity contribution in [3.05, 3.63) is 64.7 Å². The first-order valence-electron chi connectivity index (χ1n) is 7.61. The van der Waals surface area contributed by atoms with Crippen molar-refractivity contribution >= 4 is 22.2 Å². The molecule has 0 amide bonds. The molecule has 0 spiro atoms. The van der Waals surface area contributed by atoms with E-state index in [1.54, 1.807) is 32.1 Å².